The highest BCUT2D eigenvalue weighted by atomic mass is 32.2. The Balaban J connectivity index is 2.70. The summed E-state index contributed by atoms with van der Waals surface area (Å²) in [6.45, 7) is -1.14. The van der Waals surface area contributed by atoms with E-state index in [1.165, 1.54) is 12.1 Å². The van der Waals surface area contributed by atoms with Gasteiger partial charge >= 0.3 is 5.97 Å². The molecule has 0 radical (unpaired) electrons. The van der Waals surface area contributed by atoms with Gasteiger partial charge < -0.3 is 4.74 Å². The highest BCUT2D eigenvalue weighted by Gasteiger charge is 2.19. The van der Waals surface area contributed by atoms with E-state index in [9.17, 15) is 17.6 Å². The zero-order chi connectivity index (χ0) is 13.6. The van der Waals surface area contributed by atoms with Crippen LogP contribution in [0.4, 0.5) is 4.39 Å². The molecule has 0 aromatic heterocycles. The average Bonchev–Trinajstić information content (AvgIpc) is 2.34. The SMILES string of the molecule is N#CCOC(=O)CNS(=O)(=O)c1ccccc1F. The van der Waals surface area contributed by atoms with Crippen molar-refractivity contribution in [3.05, 3.63) is 30.1 Å². The molecule has 0 saturated carbocycles. The topological polar surface area (TPSA) is 96.3 Å². The molecule has 0 amide bonds. The first kappa shape index (κ1) is 14.1. The number of sulfonamides is 1. The summed E-state index contributed by atoms with van der Waals surface area (Å²) in [4.78, 5) is 10.4. The summed E-state index contributed by atoms with van der Waals surface area (Å²) in [7, 11) is -4.12. The van der Waals surface area contributed by atoms with Gasteiger partial charge in [0, 0.05) is 0 Å². The lowest BCUT2D eigenvalue weighted by Gasteiger charge is -2.06. The summed E-state index contributed by atoms with van der Waals surface area (Å²) in [5.74, 6) is -1.84. The number of rotatable bonds is 5. The Bertz CT molecular complexity index is 580. The van der Waals surface area contributed by atoms with Crippen molar-refractivity contribution in [1.29, 1.82) is 5.26 Å². The van der Waals surface area contributed by atoms with Crippen molar-refractivity contribution in [1.82, 2.24) is 4.72 Å². The Kier molecular flexibility index (Phi) is 4.76. The Morgan fingerprint density at radius 1 is 1.44 bits per heavy atom. The van der Waals surface area contributed by atoms with Crippen molar-refractivity contribution in [2.45, 2.75) is 4.90 Å². The van der Waals surface area contributed by atoms with Gasteiger partial charge in [-0.25, -0.2) is 12.8 Å². The number of nitrogens with zero attached hydrogens (tertiary/aromatic N) is 1. The first-order valence-corrected chi connectivity index (χ1v) is 6.22. The van der Waals surface area contributed by atoms with Gasteiger partial charge in [-0.1, -0.05) is 12.1 Å². The van der Waals surface area contributed by atoms with Crippen LogP contribution in [0.15, 0.2) is 29.2 Å². The predicted molar refractivity (Wildman–Crippen MR) is 58.2 cm³/mol. The maximum absolute atomic E-state index is 13.2. The Hall–Kier alpha value is -1.98. The smallest absolute Gasteiger partial charge is 0.322 e. The quantitative estimate of drug-likeness (QED) is 0.771. The molecule has 1 N–H and O–H groups in total. The largest absolute Gasteiger partial charge is 0.449 e. The van der Waals surface area contributed by atoms with Crippen LogP contribution in [0.5, 0.6) is 0 Å². The first-order chi connectivity index (χ1) is 8.47. The fourth-order valence-corrected chi connectivity index (χ4v) is 2.10. The zero-order valence-electron chi connectivity index (χ0n) is 9.09. The molecule has 0 heterocycles. The number of ether oxygens (including phenoxy) is 1. The molecule has 0 aliphatic heterocycles. The zero-order valence-corrected chi connectivity index (χ0v) is 9.91. The fraction of sp³-hybridized carbons (Fsp3) is 0.200. The van der Waals surface area contributed by atoms with Crippen molar-refractivity contribution in [3.63, 3.8) is 0 Å². The predicted octanol–water partition coefficient (Wildman–Crippen LogP) is 0.171. The van der Waals surface area contributed by atoms with Crippen molar-refractivity contribution >= 4 is 16.0 Å². The molecule has 18 heavy (non-hydrogen) atoms. The minimum absolute atomic E-state index is 0.472. The second-order valence-electron chi connectivity index (χ2n) is 3.07. The van der Waals surface area contributed by atoms with Crippen LogP contribution >= 0.6 is 0 Å². The molecule has 0 aliphatic carbocycles. The van der Waals surface area contributed by atoms with Crippen LogP contribution in [0.2, 0.25) is 0 Å². The summed E-state index contributed by atoms with van der Waals surface area (Å²) < 4.78 is 42.7. The minimum atomic E-state index is -4.12. The van der Waals surface area contributed by atoms with Crippen LogP contribution in [0.3, 0.4) is 0 Å². The number of carbonyl (C=O) groups excluding carboxylic acids is 1. The number of nitrogens with one attached hydrogen (secondary N) is 1. The van der Waals surface area contributed by atoms with E-state index >= 15 is 0 Å². The number of nitriles is 1. The summed E-state index contributed by atoms with van der Waals surface area (Å²) in [6, 6.07) is 6.31. The number of benzene rings is 1. The van der Waals surface area contributed by atoms with Crippen molar-refractivity contribution in [2.24, 2.45) is 0 Å². The third kappa shape index (κ3) is 3.80. The number of esters is 1. The van der Waals surface area contributed by atoms with Gasteiger partial charge in [-0.15, -0.1) is 0 Å². The van der Waals surface area contributed by atoms with E-state index in [-0.39, 0.29) is 0 Å². The van der Waals surface area contributed by atoms with Gasteiger partial charge in [0.2, 0.25) is 10.0 Å². The summed E-state index contributed by atoms with van der Waals surface area (Å²) in [5.41, 5.74) is 0. The normalized spacial score (nSPS) is 10.7. The molecule has 96 valence electrons. The summed E-state index contributed by atoms with van der Waals surface area (Å²) in [6.07, 6.45) is 0. The van der Waals surface area contributed by atoms with E-state index in [2.05, 4.69) is 4.74 Å². The standard InChI is InChI=1S/C10H9FN2O4S/c11-8-3-1-2-4-9(8)18(15,16)13-7-10(14)17-6-5-12/h1-4,13H,6-7H2. The minimum Gasteiger partial charge on any atom is -0.449 e. The molecule has 1 aromatic carbocycles. The molecule has 0 saturated heterocycles. The van der Waals surface area contributed by atoms with Gasteiger partial charge in [0.25, 0.3) is 0 Å². The molecule has 0 fully saturated rings. The Labute approximate surface area is 103 Å². The maximum atomic E-state index is 13.2. The van der Waals surface area contributed by atoms with Gasteiger partial charge in [0.15, 0.2) is 6.61 Å². The Morgan fingerprint density at radius 2 is 2.11 bits per heavy atom. The van der Waals surface area contributed by atoms with E-state index in [1.807, 2.05) is 4.72 Å². The van der Waals surface area contributed by atoms with E-state index in [4.69, 9.17) is 5.26 Å². The highest BCUT2D eigenvalue weighted by Crippen LogP contribution is 2.12. The van der Waals surface area contributed by atoms with Crippen LogP contribution in [-0.4, -0.2) is 27.5 Å². The number of hydrogen-bond donors (Lipinski definition) is 1. The second kappa shape index (κ2) is 6.09. The number of carbonyl (C=O) groups is 1. The van der Waals surface area contributed by atoms with Gasteiger partial charge in [0.05, 0.1) is 0 Å². The molecule has 1 rings (SSSR count). The van der Waals surface area contributed by atoms with Crippen LogP contribution < -0.4 is 4.72 Å². The van der Waals surface area contributed by atoms with Crippen molar-refractivity contribution in [2.75, 3.05) is 13.2 Å². The van der Waals surface area contributed by atoms with E-state index in [0.29, 0.717) is 0 Å². The van der Waals surface area contributed by atoms with Crippen LogP contribution in [0, 0.1) is 17.1 Å². The average molecular weight is 272 g/mol. The number of hydrogen-bond acceptors (Lipinski definition) is 5. The van der Waals surface area contributed by atoms with E-state index in [1.54, 1.807) is 6.07 Å². The molecule has 0 unspecified atom stereocenters. The van der Waals surface area contributed by atoms with Crippen LogP contribution in [-0.2, 0) is 19.6 Å². The molecule has 0 spiro atoms. The fourth-order valence-electron chi connectivity index (χ4n) is 1.06. The van der Waals surface area contributed by atoms with Crippen molar-refractivity contribution < 1.29 is 22.3 Å². The molecular formula is C10H9FN2O4S. The Morgan fingerprint density at radius 3 is 2.72 bits per heavy atom. The third-order valence-corrected chi connectivity index (χ3v) is 3.26. The van der Waals surface area contributed by atoms with Crippen LogP contribution in [0.1, 0.15) is 0 Å². The summed E-state index contributed by atoms with van der Waals surface area (Å²) in [5, 5.41) is 8.14. The molecule has 0 bridgehead atoms. The highest BCUT2D eigenvalue weighted by molar-refractivity contribution is 7.89. The molecule has 8 heteroatoms. The number of halogens is 1. The van der Waals surface area contributed by atoms with Crippen molar-refractivity contribution in [3.8, 4) is 6.07 Å². The second-order valence-corrected chi connectivity index (χ2v) is 4.81. The third-order valence-electron chi connectivity index (χ3n) is 1.83. The molecule has 0 atom stereocenters. The van der Waals surface area contributed by atoms with E-state index in [0.717, 1.165) is 12.1 Å². The van der Waals surface area contributed by atoms with Gasteiger partial charge in [-0.05, 0) is 12.1 Å². The summed E-state index contributed by atoms with van der Waals surface area (Å²) >= 11 is 0. The molecular weight excluding hydrogens is 263 g/mol. The monoisotopic (exact) mass is 272 g/mol. The van der Waals surface area contributed by atoms with E-state index < -0.39 is 39.9 Å². The van der Waals surface area contributed by atoms with Gasteiger partial charge in [-0.3, -0.25) is 4.79 Å². The lowest BCUT2D eigenvalue weighted by molar-refractivity contribution is -0.140. The molecule has 6 nitrogen and oxygen atoms in total. The molecule has 1 aromatic rings. The van der Waals surface area contributed by atoms with Gasteiger partial charge in [-0.2, -0.15) is 9.98 Å². The first-order valence-electron chi connectivity index (χ1n) is 4.74. The molecule has 0 aliphatic rings. The lowest BCUT2D eigenvalue weighted by Crippen LogP contribution is -2.31. The van der Waals surface area contributed by atoms with Crippen LogP contribution in [0.25, 0.3) is 0 Å². The lowest BCUT2D eigenvalue weighted by atomic mass is 10.4. The van der Waals surface area contributed by atoms with Gasteiger partial charge in [0.1, 0.15) is 23.3 Å². The maximum Gasteiger partial charge on any atom is 0.322 e.